The first-order valence-electron chi connectivity index (χ1n) is 11.7. The van der Waals surface area contributed by atoms with Gasteiger partial charge in [0.1, 0.15) is 0 Å². The number of nitrogens with zero attached hydrogens (tertiary/aromatic N) is 7. The molecule has 2 fully saturated rings. The van der Waals surface area contributed by atoms with Crippen LogP contribution in [0.2, 0.25) is 0 Å². The molecule has 0 unspecified atom stereocenters. The Morgan fingerprint density at radius 3 is 1.17 bits per heavy atom. The maximum Gasteiger partial charge on any atom is 0.0110 e. The fourth-order valence-corrected chi connectivity index (χ4v) is 2.60. The van der Waals surface area contributed by atoms with Gasteiger partial charge in [0.05, 0.1) is 0 Å². The van der Waals surface area contributed by atoms with Crippen LogP contribution in [0, 0.1) is 0 Å². The highest BCUT2D eigenvalue weighted by molar-refractivity contribution is 4.67. The van der Waals surface area contributed by atoms with Crippen LogP contribution in [-0.2, 0) is 0 Å². The van der Waals surface area contributed by atoms with E-state index >= 15 is 0 Å². The molecule has 2 aliphatic rings. The zero-order valence-corrected chi connectivity index (χ0v) is 22.6. The normalized spacial score (nSPS) is 19.0. The van der Waals surface area contributed by atoms with Gasteiger partial charge in [-0.1, -0.05) is 13.8 Å². The summed E-state index contributed by atoms with van der Waals surface area (Å²) in [7, 11) is 18.9. The molecule has 0 bridgehead atoms. The highest BCUT2D eigenvalue weighted by atomic mass is 15.2. The van der Waals surface area contributed by atoms with E-state index in [-0.39, 0.29) is 0 Å². The lowest BCUT2D eigenvalue weighted by Crippen LogP contribution is -2.44. The molecule has 2 aliphatic heterocycles. The summed E-state index contributed by atoms with van der Waals surface area (Å²) in [6.45, 7) is 19.0. The molecule has 0 atom stereocenters. The van der Waals surface area contributed by atoms with Gasteiger partial charge >= 0.3 is 0 Å². The second-order valence-corrected chi connectivity index (χ2v) is 9.38. The van der Waals surface area contributed by atoms with Crippen molar-refractivity contribution in [2.45, 2.75) is 13.8 Å². The van der Waals surface area contributed by atoms with Crippen LogP contribution in [-0.4, -0.2) is 176 Å². The van der Waals surface area contributed by atoms with E-state index in [1.54, 1.807) is 0 Å². The summed E-state index contributed by atoms with van der Waals surface area (Å²) in [6, 6.07) is 0. The van der Waals surface area contributed by atoms with Crippen LogP contribution in [0.3, 0.4) is 0 Å². The Balaban J connectivity index is 0. The molecule has 2 heterocycles. The van der Waals surface area contributed by atoms with Crippen LogP contribution in [0.1, 0.15) is 13.8 Å². The second-order valence-electron chi connectivity index (χ2n) is 9.38. The zero-order chi connectivity index (χ0) is 23.5. The SMILES string of the molecule is CCN(C)CCN(C)C.CCN1CCN(C)CC1.CN(C)C.CN1CCN(C)CC1. The Bertz CT molecular complexity index is 324. The molecule has 0 aromatic rings. The average Bonchev–Trinajstić information content (AvgIpc) is 2.69. The van der Waals surface area contributed by atoms with Gasteiger partial charge in [0.15, 0.2) is 0 Å². The van der Waals surface area contributed by atoms with Gasteiger partial charge in [-0.15, -0.1) is 0 Å². The van der Waals surface area contributed by atoms with Gasteiger partial charge in [0.25, 0.3) is 0 Å². The van der Waals surface area contributed by atoms with E-state index in [0.29, 0.717) is 0 Å². The van der Waals surface area contributed by atoms with E-state index in [2.05, 4.69) is 85.5 Å². The summed E-state index contributed by atoms with van der Waals surface area (Å²) in [5.41, 5.74) is 0. The monoisotopic (exact) mass is 431 g/mol. The number of hydrogen-bond donors (Lipinski definition) is 0. The Hall–Kier alpha value is -0.280. The molecule has 0 saturated carbocycles. The third kappa shape index (κ3) is 24.0. The van der Waals surface area contributed by atoms with Gasteiger partial charge in [-0.3, -0.25) is 0 Å². The molecule has 0 spiro atoms. The van der Waals surface area contributed by atoms with Crippen molar-refractivity contribution in [3.63, 3.8) is 0 Å². The van der Waals surface area contributed by atoms with Crippen LogP contribution >= 0.6 is 0 Å². The molecule has 0 radical (unpaired) electrons. The molecule has 2 saturated heterocycles. The van der Waals surface area contributed by atoms with Gasteiger partial charge in [-0.05, 0) is 76.5 Å². The first-order chi connectivity index (χ1) is 14.0. The van der Waals surface area contributed by atoms with Crippen molar-refractivity contribution in [2.75, 3.05) is 142 Å². The predicted octanol–water partition coefficient (Wildman–Crippen LogP) is 0.795. The van der Waals surface area contributed by atoms with E-state index in [1.807, 2.05) is 26.0 Å². The lowest BCUT2D eigenvalue weighted by Gasteiger charge is -2.31. The highest BCUT2D eigenvalue weighted by Crippen LogP contribution is 1.96. The summed E-state index contributed by atoms with van der Waals surface area (Å²) in [4.78, 5) is 16.1. The minimum atomic E-state index is 1.15. The number of likely N-dealkylation sites (N-methyl/N-ethyl adjacent to an activating group) is 6. The molecule has 0 N–H and O–H groups in total. The van der Waals surface area contributed by atoms with Crippen LogP contribution in [0.15, 0.2) is 0 Å². The lowest BCUT2D eigenvalue weighted by atomic mass is 10.3. The maximum absolute atomic E-state index is 2.49. The van der Waals surface area contributed by atoms with Crippen molar-refractivity contribution >= 4 is 0 Å². The first kappa shape index (κ1) is 31.9. The summed E-state index contributed by atoms with van der Waals surface area (Å²) in [5, 5.41) is 0. The molecule has 30 heavy (non-hydrogen) atoms. The Morgan fingerprint density at radius 2 is 0.900 bits per heavy atom. The van der Waals surface area contributed by atoms with E-state index in [9.17, 15) is 0 Å². The van der Waals surface area contributed by atoms with Gasteiger partial charge in [0.2, 0.25) is 0 Å². The van der Waals surface area contributed by atoms with Crippen molar-refractivity contribution in [3.8, 4) is 0 Å². The molecule has 0 aromatic carbocycles. The topological polar surface area (TPSA) is 22.7 Å². The smallest absolute Gasteiger partial charge is 0.0110 e. The van der Waals surface area contributed by atoms with Crippen LogP contribution in [0.4, 0.5) is 0 Å². The molecule has 0 amide bonds. The number of rotatable bonds is 5. The summed E-state index contributed by atoms with van der Waals surface area (Å²) >= 11 is 0. The van der Waals surface area contributed by atoms with Crippen molar-refractivity contribution in [1.82, 2.24) is 34.3 Å². The van der Waals surface area contributed by atoms with Crippen molar-refractivity contribution in [2.24, 2.45) is 0 Å². The largest absolute Gasteiger partial charge is 0.312 e. The standard InChI is InChI=1S/C7H16N2.C7H18N2.C6H14N2.C3H9N/c1-3-9-6-4-8(2)5-7-9;1-5-9(4)7-6-8(2)3;1-7-3-5-8(2)6-4-7;1-4(2)3/h3-7H2,1-2H3;5-7H2,1-4H3;3-6H2,1-2H3;1-3H3. The Kier molecular flexibility index (Phi) is 21.9. The van der Waals surface area contributed by atoms with Gasteiger partial charge in [-0.2, -0.15) is 0 Å². The Morgan fingerprint density at radius 1 is 0.567 bits per heavy atom. The zero-order valence-electron chi connectivity index (χ0n) is 22.6. The predicted molar refractivity (Wildman–Crippen MR) is 136 cm³/mol. The lowest BCUT2D eigenvalue weighted by molar-refractivity contribution is 0.160. The van der Waals surface area contributed by atoms with Gasteiger partial charge in [0, 0.05) is 65.4 Å². The molecular formula is C23H57N7. The fraction of sp³-hybridized carbons (Fsp3) is 1.00. The second kappa shape index (κ2) is 20.6. The molecular weight excluding hydrogens is 374 g/mol. The highest BCUT2D eigenvalue weighted by Gasteiger charge is 2.10. The van der Waals surface area contributed by atoms with Crippen LogP contribution < -0.4 is 0 Å². The number of hydrogen-bond acceptors (Lipinski definition) is 7. The third-order valence-electron chi connectivity index (χ3n) is 5.24. The maximum atomic E-state index is 2.49. The molecule has 0 aliphatic carbocycles. The van der Waals surface area contributed by atoms with Gasteiger partial charge in [-0.25, -0.2) is 0 Å². The quantitative estimate of drug-likeness (QED) is 0.634. The molecule has 7 nitrogen and oxygen atoms in total. The summed E-state index contributed by atoms with van der Waals surface area (Å²) in [5.74, 6) is 0. The van der Waals surface area contributed by atoms with E-state index in [1.165, 1.54) is 65.4 Å². The Labute approximate surface area is 190 Å². The molecule has 7 heteroatoms. The van der Waals surface area contributed by atoms with Crippen LogP contribution in [0.5, 0.6) is 0 Å². The van der Waals surface area contributed by atoms with Crippen molar-refractivity contribution in [3.05, 3.63) is 0 Å². The molecule has 184 valence electrons. The average molecular weight is 432 g/mol. The summed E-state index contributed by atoms with van der Waals surface area (Å²) in [6.07, 6.45) is 0. The van der Waals surface area contributed by atoms with Gasteiger partial charge < -0.3 is 34.3 Å². The fourth-order valence-electron chi connectivity index (χ4n) is 2.60. The molecule has 0 aromatic heterocycles. The van der Waals surface area contributed by atoms with Crippen molar-refractivity contribution in [1.29, 1.82) is 0 Å². The minimum Gasteiger partial charge on any atom is -0.312 e. The van der Waals surface area contributed by atoms with Crippen molar-refractivity contribution < 1.29 is 0 Å². The van der Waals surface area contributed by atoms with E-state index < -0.39 is 0 Å². The first-order valence-corrected chi connectivity index (χ1v) is 11.7. The van der Waals surface area contributed by atoms with E-state index in [0.717, 1.165) is 13.1 Å². The summed E-state index contributed by atoms with van der Waals surface area (Å²) < 4.78 is 0. The number of piperazine rings is 2. The molecule has 2 rings (SSSR count). The minimum absolute atomic E-state index is 1.15. The van der Waals surface area contributed by atoms with E-state index in [4.69, 9.17) is 0 Å². The van der Waals surface area contributed by atoms with Crippen LogP contribution in [0.25, 0.3) is 0 Å². The third-order valence-corrected chi connectivity index (χ3v) is 5.24.